The summed E-state index contributed by atoms with van der Waals surface area (Å²) in [6.45, 7) is 6.64. The van der Waals surface area contributed by atoms with Gasteiger partial charge in [0, 0.05) is 0 Å². The van der Waals surface area contributed by atoms with Gasteiger partial charge in [0.1, 0.15) is 0 Å². The fourth-order valence-electron chi connectivity index (χ4n) is 0.535. The lowest BCUT2D eigenvalue weighted by Gasteiger charge is -1.94. The summed E-state index contributed by atoms with van der Waals surface area (Å²) in [7, 11) is 0. The molecule has 0 fully saturated rings. The number of rotatable bonds is 3. The lowest BCUT2D eigenvalue weighted by atomic mass is 10.1. The summed E-state index contributed by atoms with van der Waals surface area (Å²) >= 11 is 0. The second kappa shape index (κ2) is 4.89. The van der Waals surface area contributed by atoms with E-state index in [2.05, 4.69) is 32.9 Å². The predicted octanol–water partition coefficient (Wildman–Crippen LogP) is 3.00. The van der Waals surface area contributed by atoms with Crippen molar-refractivity contribution in [2.45, 2.75) is 33.6 Å². The standard InChI is InChI=1S/C8H16/c1-4-5-6-7-8(2)3/h5-6,8H,4,7H2,1-3H3/b6-5+. The van der Waals surface area contributed by atoms with Crippen molar-refractivity contribution in [1.29, 1.82) is 0 Å². The van der Waals surface area contributed by atoms with Gasteiger partial charge in [0.05, 0.1) is 0 Å². The predicted molar refractivity (Wildman–Crippen MR) is 38.9 cm³/mol. The molecule has 0 rings (SSSR count). The topological polar surface area (TPSA) is 0 Å². The first-order valence-electron chi connectivity index (χ1n) is 3.42. The average Bonchev–Trinajstić information content (AvgIpc) is 1.66. The lowest BCUT2D eigenvalue weighted by Crippen LogP contribution is -1.80. The third-order valence-electron chi connectivity index (χ3n) is 1.01. The fraction of sp³-hybridized carbons (Fsp3) is 0.750. The zero-order valence-corrected chi connectivity index (χ0v) is 6.15. The Hall–Kier alpha value is -0.260. The van der Waals surface area contributed by atoms with Crippen LogP contribution in [0.1, 0.15) is 33.6 Å². The molecule has 0 aliphatic rings. The van der Waals surface area contributed by atoms with Gasteiger partial charge in [-0.2, -0.15) is 0 Å². The molecule has 0 saturated carbocycles. The SMILES string of the molecule is CC/C=C/CC(C)C. The molecule has 0 heteroatoms. The highest BCUT2D eigenvalue weighted by molar-refractivity contribution is 4.80. The Kier molecular flexibility index (Phi) is 4.73. The van der Waals surface area contributed by atoms with Gasteiger partial charge in [0.2, 0.25) is 0 Å². The van der Waals surface area contributed by atoms with Crippen molar-refractivity contribution >= 4 is 0 Å². The fourth-order valence-corrected chi connectivity index (χ4v) is 0.535. The van der Waals surface area contributed by atoms with E-state index in [4.69, 9.17) is 0 Å². The Bertz CT molecular complexity index is 60.4. The zero-order valence-electron chi connectivity index (χ0n) is 6.15. The van der Waals surface area contributed by atoms with E-state index in [1.54, 1.807) is 0 Å². The summed E-state index contributed by atoms with van der Waals surface area (Å²) in [5.74, 6) is 0.817. The molecule has 0 saturated heterocycles. The molecule has 0 nitrogen and oxygen atoms in total. The maximum absolute atomic E-state index is 2.25. The normalized spacial score (nSPS) is 11.5. The number of allylic oxidation sites excluding steroid dienone is 2. The van der Waals surface area contributed by atoms with Gasteiger partial charge < -0.3 is 0 Å². The minimum atomic E-state index is 0.817. The van der Waals surface area contributed by atoms with E-state index in [1.165, 1.54) is 12.8 Å². The van der Waals surface area contributed by atoms with Crippen molar-refractivity contribution in [2.75, 3.05) is 0 Å². The molecule has 0 bridgehead atoms. The van der Waals surface area contributed by atoms with Crippen LogP contribution in [0.2, 0.25) is 0 Å². The highest BCUT2D eigenvalue weighted by Gasteiger charge is 1.84. The molecule has 0 aromatic carbocycles. The molecular weight excluding hydrogens is 96.1 g/mol. The van der Waals surface area contributed by atoms with E-state index in [1.807, 2.05) is 0 Å². The second-order valence-corrected chi connectivity index (χ2v) is 2.51. The van der Waals surface area contributed by atoms with E-state index >= 15 is 0 Å². The molecule has 0 aromatic rings. The Morgan fingerprint density at radius 3 is 2.25 bits per heavy atom. The molecule has 0 radical (unpaired) electrons. The van der Waals surface area contributed by atoms with Gasteiger partial charge >= 0.3 is 0 Å². The van der Waals surface area contributed by atoms with Gasteiger partial charge in [-0.05, 0) is 18.8 Å². The summed E-state index contributed by atoms with van der Waals surface area (Å²) in [6.07, 6.45) is 6.88. The molecule has 48 valence electrons. The van der Waals surface area contributed by atoms with E-state index in [-0.39, 0.29) is 0 Å². The van der Waals surface area contributed by atoms with E-state index in [0.29, 0.717) is 0 Å². The number of hydrogen-bond acceptors (Lipinski definition) is 0. The highest BCUT2D eigenvalue weighted by atomic mass is 13.9. The van der Waals surface area contributed by atoms with Crippen molar-refractivity contribution in [3.8, 4) is 0 Å². The van der Waals surface area contributed by atoms with Crippen molar-refractivity contribution in [3.05, 3.63) is 12.2 Å². The quantitative estimate of drug-likeness (QED) is 0.492. The molecule has 0 spiro atoms. The van der Waals surface area contributed by atoms with Crippen LogP contribution < -0.4 is 0 Å². The van der Waals surface area contributed by atoms with Crippen LogP contribution in [0.15, 0.2) is 12.2 Å². The van der Waals surface area contributed by atoms with Crippen LogP contribution in [0.25, 0.3) is 0 Å². The molecule has 0 aliphatic carbocycles. The molecule has 0 amide bonds. The minimum absolute atomic E-state index is 0.817. The summed E-state index contributed by atoms with van der Waals surface area (Å²) in [4.78, 5) is 0. The molecule has 0 atom stereocenters. The monoisotopic (exact) mass is 112 g/mol. The molecule has 8 heavy (non-hydrogen) atoms. The molecule has 0 heterocycles. The average molecular weight is 112 g/mol. The van der Waals surface area contributed by atoms with Gasteiger partial charge in [-0.25, -0.2) is 0 Å². The van der Waals surface area contributed by atoms with Crippen LogP contribution in [0.5, 0.6) is 0 Å². The van der Waals surface area contributed by atoms with Crippen LogP contribution in [-0.2, 0) is 0 Å². The summed E-state index contributed by atoms with van der Waals surface area (Å²) in [6, 6.07) is 0. The molecule has 0 N–H and O–H groups in total. The summed E-state index contributed by atoms with van der Waals surface area (Å²) < 4.78 is 0. The van der Waals surface area contributed by atoms with Crippen LogP contribution >= 0.6 is 0 Å². The smallest absolute Gasteiger partial charge is 0.0327 e. The van der Waals surface area contributed by atoms with Crippen molar-refractivity contribution in [2.24, 2.45) is 5.92 Å². The van der Waals surface area contributed by atoms with Crippen LogP contribution in [0.3, 0.4) is 0 Å². The minimum Gasteiger partial charge on any atom is -0.0888 e. The van der Waals surface area contributed by atoms with Gasteiger partial charge in [0.25, 0.3) is 0 Å². The van der Waals surface area contributed by atoms with Crippen LogP contribution in [0.4, 0.5) is 0 Å². The maximum Gasteiger partial charge on any atom is -0.0327 e. The van der Waals surface area contributed by atoms with Crippen LogP contribution in [0, 0.1) is 5.92 Å². The Balaban J connectivity index is 3.03. The van der Waals surface area contributed by atoms with Gasteiger partial charge in [-0.1, -0.05) is 32.9 Å². The van der Waals surface area contributed by atoms with Gasteiger partial charge in [-0.15, -0.1) is 0 Å². The molecular formula is C8H16. The summed E-state index contributed by atoms with van der Waals surface area (Å²) in [5, 5.41) is 0. The highest BCUT2D eigenvalue weighted by Crippen LogP contribution is 1.99. The van der Waals surface area contributed by atoms with Crippen molar-refractivity contribution < 1.29 is 0 Å². The third kappa shape index (κ3) is 5.74. The largest absolute Gasteiger partial charge is 0.0888 e. The van der Waals surface area contributed by atoms with Crippen molar-refractivity contribution in [3.63, 3.8) is 0 Å². The van der Waals surface area contributed by atoms with Crippen molar-refractivity contribution in [1.82, 2.24) is 0 Å². The third-order valence-corrected chi connectivity index (χ3v) is 1.01. The lowest BCUT2D eigenvalue weighted by molar-refractivity contribution is 0.662. The van der Waals surface area contributed by atoms with E-state index < -0.39 is 0 Å². The number of hydrogen-bond donors (Lipinski definition) is 0. The van der Waals surface area contributed by atoms with E-state index in [0.717, 1.165) is 5.92 Å². The maximum atomic E-state index is 2.25. The Morgan fingerprint density at radius 1 is 1.25 bits per heavy atom. The first-order chi connectivity index (χ1) is 3.77. The molecule has 0 unspecified atom stereocenters. The summed E-state index contributed by atoms with van der Waals surface area (Å²) in [5.41, 5.74) is 0. The molecule has 0 aromatic heterocycles. The second-order valence-electron chi connectivity index (χ2n) is 2.51. The van der Waals surface area contributed by atoms with Crippen LogP contribution in [-0.4, -0.2) is 0 Å². The van der Waals surface area contributed by atoms with Gasteiger partial charge in [0.15, 0.2) is 0 Å². The zero-order chi connectivity index (χ0) is 6.41. The first kappa shape index (κ1) is 7.74. The molecule has 0 aliphatic heterocycles. The first-order valence-corrected chi connectivity index (χ1v) is 3.42. The van der Waals surface area contributed by atoms with E-state index in [9.17, 15) is 0 Å². The van der Waals surface area contributed by atoms with Gasteiger partial charge in [-0.3, -0.25) is 0 Å². The Morgan fingerprint density at radius 2 is 1.88 bits per heavy atom. The Labute approximate surface area is 52.6 Å².